The van der Waals surface area contributed by atoms with Gasteiger partial charge in [-0.1, -0.05) is 158 Å². The average molecular weight is 764 g/mol. The van der Waals surface area contributed by atoms with E-state index in [0.717, 1.165) is 39.2 Å². The maximum atomic E-state index is 6.39. The molecule has 0 aliphatic rings. The molecule has 280 valence electrons. The lowest BCUT2D eigenvalue weighted by Crippen LogP contribution is -2.10. The number of rotatable bonds is 6. The molecule has 12 aromatic rings. The topological polar surface area (TPSA) is 16.4 Å². The van der Waals surface area contributed by atoms with E-state index >= 15 is 0 Å². The molecule has 0 spiro atoms. The van der Waals surface area contributed by atoms with E-state index in [9.17, 15) is 0 Å². The van der Waals surface area contributed by atoms with Gasteiger partial charge >= 0.3 is 0 Å². The van der Waals surface area contributed by atoms with Crippen molar-refractivity contribution in [1.82, 2.24) is 0 Å². The number of hydrogen-bond donors (Lipinski definition) is 0. The lowest BCUT2D eigenvalue weighted by atomic mass is 9.90. The summed E-state index contributed by atoms with van der Waals surface area (Å²) in [5.74, 6) is 0. The van der Waals surface area contributed by atoms with Gasteiger partial charge in [0.2, 0.25) is 0 Å². The van der Waals surface area contributed by atoms with Crippen molar-refractivity contribution < 1.29 is 4.42 Å². The van der Waals surface area contributed by atoms with Crippen LogP contribution in [0, 0.1) is 0 Å². The monoisotopic (exact) mass is 763 g/mol. The van der Waals surface area contributed by atoms with Crippen molar-refractivity contribution in [1.29, 1.82) is 0 Å². The molecule has 11 aromatic carbocycles. The predicted octanol–water partition coefficient (Wildman–Crippen LogP) is 16.7. The summed E-state index contributed by atoms with van der Waals surface area (Å²) in [6.07, 6.45) is 0. The molecule has 12 rings (SSSR count). The molecular weight excluding hydrogens is 727 g/mol. The number of furan rings is 1. The van der Waals surface area contributed by atoms with Crippen LogP contribution in [0.4, 0.5) is 17.1 Å². The standard InChI is InChI=1S/C58H37NO/c1-2-11-38(12-3-1)40-23-28-46(29-24-40)59(47-30-25-41(26-31-47)44-22-21-39-13-4-5-14-42(39)35-44)48-16-10-15-43(36-48)45-27-32-50-49-17-6-7-18-51(49)57-52(54(50)37-45)33-34-56-58(57)53-19-8-9-20-55(53)60-56/h1-37H. The number of para-hydroxylation sites is 1. The minimum atomic E-state index is 0.914. The van der Waals surface area contributed by atoms with Crippen LogP contribution in [0.25, 0.3) is 98.4 Å². The molecule has 0 bridgehead atoms. The summed E-state index contributed by atoms with van der Waals surface area (Å²) in [6.45, 7) is 0. The summed E-state index contributed by atoms with van der Waals surface area (Å²) in [6, 6.07) is 81.3. The number of hydrogen-bond acceptors (Lipinski definition) is 2. The molecular formula is C58H37NO. The third-order valence-electron chi connectivity index (χ3n) is 12.2. The molecule has 0 unspecified atom stereocenters. The molecule has 60 heavy (non-hydrogen) atoms. The SMILES string of the molecule is c1ccc(-c2ccc(N(c3ccc(-c4ccc5ccccc5c4)cc3)c3cccc(-c4ccc5c6ccccc6c6c(ccc7oc8ccccc8c76)c5c4)c3)cc2)cc1. The Morgan fingerprint density at radius 2 is 0.783 bits per heavy atom. The van der Waals surface area contributed by atoms with E-state index in [4.69, 9.17) is 4.42 Å². The summed E-state index contributed by atoms with van der Waals surface area (Å²) < 4.78 is 6.39. The highest BCUT2D eigenvalue weighted by Gasteiger charge is 2.18. The molecule has 0 N–H and O–H groups in total. The zero-order valence-electron chi connectivity index (χ0n) is 32.7. The molecule has 1 aromatic heterocycles. The molecule has 0 aliphatic carbocycles. The van der Waals surface area contributed by atoms with Gasteiger partial charge in [0.1, 0.15) is 11.2 Å². The van der Waals surface area contributed by atoms with Gasteiger partial charge in [-0.15, -0.1) is 0 Å². The Kier molecular flexibility index (Phi) is 7.89. The summed E-state index contributed by atoms with van der Waals surface area (Å²) in [5.41, 5.74) is 12.2. The van der Waals surface area contributed by atoms with Crippen LogP contribution in [-0.4, -0.2) is 0 Å². The van der Waals surface area contributed by atoms with Gasteiger partial charge in [0, 0.05) is 33.2 Å². The third kappa shape index (κ3) is 5.65. The second kappa shape index (κ2) is 13.9. The lowest BCUT2D eigenvalue weighted by molar-refractivity contribution is 0.669. The highest BCUT2D eigenvalue weighted by Crippen LogP contribution is 2.44. The third-order valence-corrected chi connectivity index (χ3v) is 12.2. The van der Waals surface area contributed by atoms with Gasteiger partial charge in [0.25, 0.3) is 0 Å². The van der Waals surface area contributed by atoms with Crippen molar-refractivity contribution in [3.8, 4) is 33.4 Å². The molecule has 0 atom stereocenters. The van der Waals surface area contributed by atoms with Crippen molar-refractivity contribution in [2.75, 3.05) is 4.90 Å². The fourth-order valence-corrected chi connectivity index (χ4v) is 9.32. The molecule has 0 saturated heterocycles. The number of fused-ring (bicyclic) bond motifs is 11. The molecule has 0 saturated carbocycles. The summed E-state index contributed by atoms with van der Waals surface area (Å²) >= 11 is 0. The van der Waals surface area contributed by atoms with Crippen LogP contribution in [0.1, 0.15) is 0 Å². The first-order valence-corrected chi connectivity index (χ1v) is 20.6. The van der Waals surface area contributed by atoms with E-state index in [1.807, 2.05) is 6.07 Å². The van der Waals surface area contributed by atoms with Gasteiger partial charge in [-0.3, -0.25) is 0 Å². The number of anilines is 3. The normalized spacial score (nSPS) is 11.7. The average Bonchev–Trinajstić information content (AvgIpc) is 3.71. The van der Waals surface area contributed by atoms with Crippen LogP contribution in [0.2, 0.25) is 0 Å². The minimum absolute atomic E-state index is 0.914. The Hall–Kier alpha value is -7.94. The summed E-state index contributed by atoms with van der Waals surface area (Å²) in [4.78, 5) is 2.37. The number of nitrogens with zero attached hydrogens (tertiary/aromatic N) is 1. The highest BCUT2D eigenvalue weighted by atomic mass is 16.3. The van der Waals surface area contributed by atoms with Crippen molar-refractivity contribution in [2.45, 2.75) is 0 Å². The molecule has 0 radical (unpaired) electrons. The quantitative estimate of drug-likeness (QED) is 0.157. The zero-order valence-corrected chi connectivity index (χ0v) is 32.7. The van der Waals surface area contributed by atoms with E-state index < -0.39 is 0 Å². The maximum absolute atomic E-state index is 6.39. The molecule has 0 fully saturated rings. The fraction of sp³-hybridized carbons (Fsp3) is 0. The van der Waals surface area contributed by atoms with Crippen LogP contribution in [0.5, 0.6) is 0 Å². The molecule has 2 nitrogen and oxygen atoms in total. The number of benzene rings is 11. The van der Waals surface area contributed by atoms with Gasteiger partial charge in [-0.05, 0) is 138 Å². The van der Waals surface area contributed by atoms with E-state index in [1.54, 1.807) is 0 Å². The Morgan fingerprint density at radius 3 is 1.58 bits per heavy atom. The smallest absolute Gasteiger partial charge is 0.136 e. The van der Waals surface area contributed by atoms with Crippen LogP contribution < -0.4 is 4.90 Å². The molecule has 2 heteroatoms. The lowest BCUT2D eigenvalue weighted by Gasteiger charge is -2.26. The van der Waals surface area contributed by atoms with Crippen LogP contribution in [0.3, 0.4) is 0 Å². The van der Waals surface area contributed by atoms with E-state index in [2.05, 4.69) is 223 Å². The molecule has 0 amide bonds. The second-order valence-electron chi connectivity index (χ2n) is 15.7. The first-order chi connectivity index (χ1) is 29.7. The van der Waals surface area contributed by atoms with Gasteiger partial charge in [-0.25, -0.2) is 0 Å². The fourth-order valence-electron chi connectivity index (χ4n) is 9.32. The van der Waals surface area contributed by atoms with Gasteiger partial charge < -0.3 is 9.32 Å². The largest absolute Gasteiger partial charge is 0.456 e. The summed E-state index contributed by atoms with van der Waals surface area (Å²) in [7, 11) is 0. The molecule has 1 heterocycles. The van der Waals surface area contributed by atoms with E-state index in [0.29, 0.717) is 0 Å². The van der Waals surface area contributed by atoms with Crippen molar-refractivity contribution in [3.05, 3.63) is 224 Å². The van der Waals surface area contributed by atoms with Crippen LogP contribution in [-0.2, 0) is 0 Å². The first-order valence-electron chi connectivity index (χ1n) is 20.6. The van der Waals surface area contributed by atoms with Gasteiger partial charge in [-0.2, -0.15) is 0 Å². The highest BCUT2D eigenvalue weighted by molar-refractivity contribution is 6.34. The Balaban J connectivity index is 1.000. The van der Waals surface area contributed by atoms with Crippen molar-refractivity contribution >= 4 is 82.1 Å². The molecule has 0 aliphatic heterocycles. The summed E-state index contributed by atoms with van der Waals surface area (Å²) in [5, 5.41) is 12.3. The van der Waals surface area contributed by atoms with Gasteiger partial charge in [0.15, 0.2) is 0 Å². The predicted molar refractivity (Wildman–Crippen MR) is 255 cm³/mol. The van der Waals surface area contributed by atoms with Crippen LogP contribution >= 0.6 is 0 Å². The minimum Gasteiger partial charge on any atom is -0.456 e. The zero-order chi connectivity index (χ0) is 39.6. The van der Waals surface area contributed by atoms with E-state index in [1.165, 1.54) is 76.3 Å². The van der Waals surface area contributed by atoms with Gasteiger partial charge in [0.05, 0.1) is 0 Å². The van der Waals surface area contributed by atoms with Crippen molar-refractivity contribution in [2.24, 2.45) is 0 Å². The Labute approximate surface area is 347 Å². The van der Waals surface area contributed by atoms with Crippen molar-refractivity contribution in [3.63, 3.8) is 0 Å². The van der Waals surface area contributed by atoms with Crippen LogP contribution in [0.15, 0.2) is 229 Å². The second-order valence-corrected chi connectivity index (χ2v) is 15.7. The maximum Gasteiger partial charge on any atom is 0.136 e. The Bertz CT molecular complexity index is 3580. The Morgan fingerprint density at radius 1 is 0.250 bits per heavy atom. The van der Waals surface area contributed by atoms with E-state index in [-0.39, 0.29) is 0 Å². The first kappa shape index (κ1) is 34.1.